The summed E-state index contributed by atoms with van der Waals surface area (Å²) in [6.07, 6.45) is 9.74. The van der Waals surface area contributed by atoms with Crippen LogP contribution in [0.1, 0.15) is 32.1 Å². The fourth-order valence-electron chi connectivity index (χ4n) is 3.55. The zero-order valence-corrected chi connectivity index (χ0v) is 16.1. The van der Waals surface area contributed by atoms with Crippen LogP contribution in [0.15, 0.2) is 54.9 Å². The first-order chi connectivity index (χ1) is 13.8. The van der Waals surface area contributed by atoms with Gasteiger partial charge in [-0.1, -0.05) is 31.4 Å². The van der Waals surface area contributed by atoms with Gasteiger partial charge in [0.15, 0.2) is 0 Å². The molecule has 0 atom stereocenters. The molecule has 1 saturated carbocycles. The topological polar surface area (TPSA) is 72.0 Å². The summed E-state index contributed by atoms with van der Waals surface area (Å²) >= 11 is 0. The molecular weight excluding hydrogens is 350 g/mol. The van der Waals surface area contributed by atoms with Crippen molar-refractivity contribution in [1.82, 2.24) is 15.0 Å². The molecule has 0 radical (unpaired) electrons. The maximum atomic E-state index is 5.45. The molecule has 0 saturated heterocycles. The number of ether oxygens (including phenoxy) is 1. The average Bonchev–Trinajstić information content (AvgIpc) is 2.75. The van der Waals surface area contributed by atoms with Crippen LogP contribution in [0.25, 0.3) is 11.3 Å². The highest BCUT2D eigenvalue weighted by Gasteiger charge is 2.16. The van der Waals surface area contributed by atoms with Crippen molar-refractivity contribution in [3.05, 3.63) is 54.9 Å². The standard InChI is InChI=1S/C22H25N5O/c1-28-20-12-6-5-11-18(20)25-21-14-19(16-8-7-13-23-15-16)26-22(27-21)24-17-9-3-2-4-10-17/h5-8,11-15,17H,2-4,9-10H2,1H3,(H2,24,25,26,27). The van der Waals surface area contributed by atoms with Gasteiger partial charge in [0.1, 0.15) is 11.6 Å². The third-order valence-electron chi connectivity index (χ3n) is 4.99. The Bertz CT molecular complexity index is 910. The minimum absolute atomic E-state index is 0.428. The molecule has 28 heavy (non-hydrogen) atoms. The van der Waals surface area contributed by atoms with Gasteiger partial charge in [0.05, 0.1) is 18.5 Å². The Morgan fingerprint density at radius 1 is 1.00 bits per heavy atom. The lowest BCUT2D eigenvalue weighted by Gasteiger charge is -2.23. The predicted octanol–water partition coefficient (Wildman–Crippen LogP) is 5.04. The Morgan fingerprint density at radius 2 is 1.86 bits per heavy atom. The highest BCUT2D eigenvalue weighted by molar-refractivity contribution is 5.69. The molecule has 0 spiro atoms. The van der Waals surface area contributed by atoms with E-state index in [1.54, 1.807) is 13.3 Å². The van der Waals surface area contributed by atoms with E-state index in [2.05, 4.69) is 15.6 Å². The van der Waals surface area contributed by atoms with Crippen molar-refractivity contribution in [3.8, 4) is 17.0 Å². The second-order valence-electron chi connectivity index (χ2n) is 7.01. The van der Waals surface area contributed by atoms with E-state index in [4.69, 9.17) is 14.7 Å². The molecule has 2 N–H and O–H groups in total. The molecular formula is C22H25N5O. The van der Waals surface area contributed by atoms with Crippen molar-refractivity contribution >= 4 is 17.5 Å². The number of anilines is 3. The first-order valence-electron chi connectivity index (χ1n) is 9.78. The lowest BCUT2D eigenvalue weighted by molar-refractivity contribution is 0.417. The molecule has 4 rings (SSSR count). The van der Waals surface area contributed by atoms with E-state index in [9.17, 15) is 0 Å². The van der Waals surface area contributed by atoms with Crippen LogP contribution in [0.2, 0.25) is 0 Å². The number of hydrogen-bond donors (Lipinski definition) is 2. The van der Waals surface area contributed by atoms with Crippen molar-refractivity contribution in [1.29, 1.82) is 0 Å². The largest absolute Gasteiger partial charge is 0.495 e. The molecule has 0 amide bonds. The Kier molecular flexibility index (Phi) is 5.66. The molecule has 1 aliphatic carbocycles. The van der Waals surface area contributed by atoms with Gasteiger partial charge in [-0.15, -0.1) is 0 Å². The highest BCUT2D eigenvalue weighted by atomic mass is 16.5. The molecule has 2 heterocycles. The van der Waals surface area contributed by atoms with Crippen molar-refractivity contribution in [3.63, 3.8) is 0 Å². The molecule has 1 aromatic carbocycles. The molecule has 0 aliphatic heterocycles. The van der Waals surface area contributed by atoms with Crippen LogP contribution in [0.3, 0.4) is 0 Å². The Morgan fingerprint density at radius 3 is 2.64 bits per heavy atom. The molecule has 1 aliphatic rings. The van der Waals surface area contributed by atoms with Gasteiger partial charge in [-0.2, -0.15) is 4.98 Å². The van der Waals surface area contributed by atoms with E-state index in [1.165, 1.54) is 19.3 Å². The van der Waals surface area contributed by atoms with Crippen LogP contribution in [0.5, 0.6) is 5.75 Å². The second kappa shape index (κ2) is 8.69. The zero-order valence-electron chi connectivity index (χ0n) is 16.1. The number of pyridine rings is 1. The first-order valence-corrected chi connectivity index (χ1v) is 9.78. The molecule has 1 fully saturated rings. The van der Waals surface area contributed by atoms with Crippen molar-refractivity contribution < 1.29 is 4.74 Å². The smallest absolute Gasteiger partial charge is 0.225 e. The van der Waals surface area contributed by atoms with Gasteiger partial charge in [-0.3, -0.25) is 4.98 Å². The highest BCUT2D eigenvalue weighted by Crippen LogP contribution is 2.29. The summed E-state index contributed by atoms with van der Waals surface area (Å²) in [6.45, 7) is 0. The van der Waals surface area contributed by atoms with Gasteiger partial charge >= 0.3 is 0 Å². The van der Waals surface area contributed by atoms with Gasteiger partial charge < -0.3 is 15.4 Å². The zero-order chi connectivity index (χ0) is 19.2. The molecule has 6 heteroatoms. The number of methoxy groups -OCH3 is 1. The van der Waals surface area contributed by atoms with E-state index in [0.717, 1.165) is 41.4 Å². The fraction of sp³-hybridized carbons (Fsp3) is 0.318. The van der Waals surface area contributed by atoms with Gasteiger partial charge in [0.25, 0.3) is 0 Å². The average molecular weight is 375 g/mol. The number of nitrogens with one attached hydrogen (secondary N) is 2. The molecule has 144 valence electrons. The van der Waals surface area contributed by atoms with E-state index >= 15 is 0 Å². The lowest BCUT2D eigenvalue weighted by atomic mass is 9.96. The summed E-state index contributed by atoms with van der Waals surface area (Å²) in [5, 5.41) is 6.91. The summed E-state index contributed by atoms with van der Waals surface area (Å²) in [5.41, 5.74) is 2.66. The minimum atomic E-state index is 0.428. The number of benzene rings is 1. The molecule has 0 unspecified atom stereocenters. The monoisotopic (exact) mass is 375 g/mol. The van der Waals surface area contributed by atoms with Crippen molar-refractivity contribution in [2.24, 2.45) is 0 Å². The molecule has 6 nitrogen and oxygen atoms in total. The van der Waals surface area contributed by atoms with Crippen LogP contribution >= 0.6 is 0 Å². The summed E-state index contributed by atoms with van der Waals surface area (Å²) in [4.78, 5) is 13.7. The number of nitrogens with zero attached hydrogens (tertiary/aromatic N) is 3. The van der Waals surface area contributed by atoms with E-state index in [1.807, 2.05) is 48.7 Å². The summed E-state index contributed by atoms with van der Waals surface area (Å²) in [5.74, 6) is 2.13. The van der Waals surface area contributed by atoms with E-state index in [-0.39, 0.29) is 0 Å². The quantitative estimate of drug-likeness (QED) is 0.629. The third-order valence-corrected chi connectivity index (χ3v) is 4.99. The Balaban J connectivity index is 1.67. The number of aromatic nitrogens is 3. The summed E-state index contributed by atoms with van der Waals surface area (Å²) < 4.78 is 5.45. The van der Waals surface area contributed by atoms with Gasteiger partial charge in [-0.25, -0.2) is 4.98 Å². The van der Waals surface area contributed by atoms with Gasteiger partial charge in [0.2, 0.25) is 5.95 Å². The number of rotatable bonds is 6. The predicted molar refractivity (Wildman–Crippen MR) is 112 cm³/mol. The first kappa shape index (κ1) is 18.2. The van der Waals surface area contributed by atoms with Crippen LogP contribution in [-0.4, -0.2) is 28.1 Å². The summed E-state index contributed by atoms with van der Waals surface area (Å²) in [6, 6.07) is 14.1. The third kappa shape index (κ3) is 4.39. The van der Waals surface area contributed by atoms with Gasteiger partial charge in [0, 0.05) is 30.1 Å². The van der Waals surface area contributed by atoms with Crippen LogP contribution in [0, 0.1) is 0 Å². The number of hydrogen-bond acceptors (Lipinski definition) is 6. The van der Waals surface area contributed by atoms with E-state index in [0.29, 0.717) is 12.0 Å². The lowest BCUT2D eigenvalue weighted by Crippen LogP contribution is -2.23. The number of para-hydroxylation sites is 2. The minimum Gasteiger partial charge on any atom is -0.495 e. The fourth-order valence-corrected chi connectivity index (χ4v) is 3.55. The Labute approximate surface area is 165 Å². The second-order valence-corrected chi connectivity index (χ2v) is 7.01. The van der Waals surface area contributed by atoms with Crippen molar-refractivity contribution in [2.45, 2.75) is 38.1 Å². The van der Waals surface area contributed by atoms with Gasteiger partial charge in [-0.05, 0) is 37.1 Å². The molecule has 2 aromatic heterocycles. The van der Waals surface area contributed by atoms with E-state index < -0.39 is 0 Å². The van der Waals surface area contributed by atoms with Crippen molar-refractivity contribution in [2.75, 3.05) is 17.7 Å². The maximum absolute atomic E-state index is 5.45. The van der Waals surface area contributed by atoms with Crippen LogP contribution in [0.4, 0.5) is 17.5 Å². The Hall–Kier alpha value is -3.15. The molecule has 0 bridgehead atoms. The SMILES string of the molecule is COc1ccccc1Nc1cc(-c2cccnc2)nc(NC2CCCCC2)n1. The van der Waals surface area contributed by atoms with Crippen LogP contribution in [-0.2, 0) is 0 Å². The molecule has 3 aromatic rings. The summed E-state index contributed by atoms with van der Waals surface area (Å²) in [7, 11) is 1.66. The normalized spacial score (nSPS) is 14.5. The van der Waals surface area contributed by atoms with Crippen LogP contribution < -0.4 is 15.4 Å². The maximum Gasteiger partial charge on any atom is 0.225 e.